The zero-order valence-electron chi connectivity index (χ0n) is 12.2. The Morgan fingerprint density at radius 1 is 1.32 bits per heavy atom. The summed E-state index contributed by atoms with van der Waals surface area (Å²) in [5.41, 5.74) is -1.13. The van der Waals surface area contributed by atoms with Crippen LogP contribution in [0.4, 0.5) is 13.2 Å². The molecule has 122 valence electrons. The fraction of sp³-hybridized carbons (Fsp3) is 0.533. The summed E-state index contributed by atoms with van der Waals surface area (Å²) in [6.45, 7) is 0.0895. The number of nitrogens with zero attached hydrogens (tertiary/aromatic N) is 1. The van der Waals surface area contributed by atoms with E-state index in [1.54, 1.807) is 0 Å². The molecule has 0 aliphatic heterocycles. The average Bonchev–Trinajstić information content (AvgIpc) is 2.83. The lowest BCUT2D eigenvalue weighted by atomic mass is 10.0. The highest BCUT2D eigenvalue weighted by atomic mass is 19.4. The monoisotopic (exact) mass is 317 g/mol. The molecule has 1 aromatic carbocycles. The van der Waals surface area contributed by atoms with E-state index in [4.69, 9.17) is 0 Å². The maximum Gasteiger partial charge on any atom is 0.573 e. The number of amides is 1. The van der Waals surface area contributed by atoms with Gasteiger partial charge in [0.15, 0.2) is 0 Å². The molecule has 1 fully saturated rings. The summed E-state index contributed by atoms with van der Waals surface area (Å²) >= 11 is 0. The highest BCUT2D eigenvalue weighted by Gasteiger charge is 2.36. The highest BCUT2D eigenvalue weighted by molar-refractivity contribution is 5.96. The average molecular weight is 317 g/mol. The van der Waals surface area contributed by atoms with Gasteiger partial charge in [0.25, 0.3) is 5.91 Å². The Morgan fingerprint density at radius 2 is 1.91 bits per heavy atom. The number of rotatable bonds is 4. The van der Waals surface area contributed by atoms with E-state index in [0.717, 1.165) is 18.9 Å². The molecule has 0 heterocycles. The smallest absolute Gasteiger partial charge is 0.405 e. The Morgan fingerprint density at radius 3 is 2.50 bits per heavy atom. The lowest BCUT2D eigenvalue weighted by Gasteiger charge is -2.29. The molecule has 7 heteroatoms. The molecular formula is C15H18F3NO3. The summed E-state index contributed by atoms with van der Waals surface area (Å²) in [4.78, 5) is 13.6. The fourth-order valence-corrected chi connectivity index (χ4v) is 2.77. The van der Waals surface area contributed by atoms with Gasteiger partial charge in [0.2, 0.25) is 0 Å². The first-order valence-electron chi connectivity index (χ1n) is 7.03. The van der Waals surface area contributed by atoms with Gasteiger partial charge >= 0.3 is 6.36 Å². The summed E-state index contributed by atoms with van der Waals surface area (Å²) in [7, 11) is 1.46. The van der Waals surface area contributed by atoms with E-state index in [1.165, 1.54) is 30.1 Å². The van der Waals surface area contributed by atoms with Crippen LogP contribution in [0.25, 0.3) is 0 Å². The Balaban J connectivity index is 2.15. The Bertz CT molecular complexity index is 539. The molecule has 4 nitrogen and oxygen atoms in total. The molecule has 0 spiro atoms. The van der Waals surface area contributed by atoms with Gasteiger partial charge in [-0.2, -0.15) is 0 Å². The summed E-state index contributed by atoms with van der Waals surface area (Å²) in [5, 5.41) is 10.3. The summed E-state index contributed by atoms with van der Waals surface area (Å²) in [6.07, 6.45) is -1.92. The molecular weight excluding hydrogens is 299 g/mol. The zero-order chi connectivity index (χ0) is 16.4. The number of alkyl halides is 3. The number of ether oxygens (including phenoxy) is 1. The molecule has 0 bridgehead atoms. The van der Waals surface area contributed by atoms with Gasteiger partial charge in [-0.15, -0.1) is 13.2 Å². The molecule has 0 unspecified atom stereocenters. The lowest BCUT2D eigenvalue weighted by molar-refractivity contribution is -0.274. The van der Waals surface area contributed by atoms with Gasteiger partial charge < -0.3 is 14.7 Å². The molecule has 1 saturated carbocycles. The Hall–Kier alpha value is -1.76. The fourth-order valence-electron chi connectivity index (χ4n) is 2.77. The van der Waals surface area contributed by atoms with Crippen molar-refractivity contribution in [2.24, 2.45) is 0 Å². The van der Waals surface area contributed by atoms with Gasteiger partial charge in [0, 0.05) is 13.6 Å². The first-order valence-corrected chi connectivity index (χ1v) is 7.03. The van der Waals surface area contributed by atoms with Gasteiger partial charge in [-0.1, -0.05) is 25.0 Å². The first kappa shape index (κ1) is 16.6. The minimum atomic E-state index is -4.86. The number of para-hydroxylation sites is 1. The van der Waals surface area contributed by atoms with Crippen molar-refractivity contribution in [2.45, 2.75) is 37.6 Å². The molecule has 0 atom stereocenters. The van der Waals surface area contributed by atoms with Gasteiger partial charge in [0.05, 0.1) is 11.2 Å². The van der Waals surface area contributed by atoms with Gasteiger partial charge in [-0.25, -0.2) is 0 Å². The topological polar surface area (TPSA) is 49.8 Å². The van der Waals surface area contributed by atoms with Crippen molar-refractivity contribution in [1.82, 2.24) is 4.90 Å². The van der Waals surface area contributed by atoms with E-state index in [9.17, 15) is 23.1 Å². The first-order chi connectivity index (χ1) is 10.2. The van der Waals surface area contributed by atoms with Gasteiger partial charge in [0.1, 0.15) is 5.75 Å². The SMILES string of the molecule is CN(CC1(O)CCCC1)C(=O)c1ccccc1OC(F)(F)F. The van der Waals surface area contributed by atoms with Crippen molar-refractivity contribution in [3.8, 4) is 5.75 Å². The van der Waals surface area contributed by atoms with Crippen LogP contribution in [0.2, 0.25) is 0 Å². The third-order valence-corrected chi connectivity index (χ3v) is 3.76. The van der Waals surface area contributed by atoms with Gasteiger partial charge in [-0.05, 0) is 25.0 Å². The number of carbonyl (C=O) groups excluding carboxylic acids is 1. The van der Waals surface area contributed by atoms with E-state index < -0.39 is 23.6 Å². The predicted molar refractivity (Wildman–Crippen MR) is 73.5 cm³/mol. The second-order valence-electron chi connectivity index (χ2n) is 5.64. The zero-order valence-corrected chi connectivity index (χ0v) is 12.2. The van der Waals surface area contributed by atoms with E-state index in [1.807, 2.05) is 0 Å². The van der Waals surface area contributed by atoms with E-state index in [0.29, 0.717) is 12.8 Å². The molecule has 1 aromatic rings. The molecule has 1 aliphatic carbocycles. The molecule has 0 saturated heterocycles. The normalized spacial score (nSPS) is 17.3. The summed E-state index contributed by atoms with van der Waals surface area (Å²) in [6, 6.07) is 5.20. The van der Waals surface area contributed by atoms with Crippen LogP contribution in [0.5, 0.6) is 5.75 Å². The van der Waals surface area contributed by atoms with Crippen LogP contribution in [0.15, 0.2) is 24.3 Å². The minimum Gasteiger partial charge on any atom is -0.405 e. The molecule has 1 N–H and O–H groups in total. The predicted octanol–water partition coefficient (Wildman–Crippen LogP) is 2.96. The van der Waals surface area contributed by atoms with Crippen LogP contribution in [0.3, 0.4) is 0 Å². The van der Waals surface area contributed by atoms with Crippen molar-refractivity contribution in [1.29, 1.82) is 0 Å². The number of likely N-dealkylation sites (N-methyl/N-ethyl adjacent to an activating group) is 1. The summed E-state index contributed by atoms with van der Waals surface area (Å²) < 4.78 is 41.1. The number of hydrogen-bond donors (Lipinski definition) is 1. The van der Waals surface area contributed by atoms with E-state index in [2.05, 4.69) is 4.74 Å². The van der Waals surface area contributed by atoms with Crippen LogP contribution in [-0.4, -0.2) is 41.5 Å². The van der Waals surface area contributed by atoms with E-state index >= 15 is 0 Å². The molecule has 0 aromatic heterocycles. The van der Waals surface area contributed by atoms with Crippen LogP contribution < -0.4 is 4.74 Å². The Labute approximate surface area is 126 Å². The second kappa shape index (κ2) is 6.16. The highest BCUT2D eigenvalue weighted by Crippen LogP contribution is 2.31. The van der Waals surface area contributed by atoms with Crippen molar-refractivity contribution in [2.75, 3.05) is 13.6 Å². The minimum absolute atomic E-state index is 0.0895. The van der Waals surface area contributed by atoms with Gasteiger partial charge in [-0.3, -0.25) is 4.79 Å². The van der Waals surface area contributed by atoms with Crippen LogP contribution in [-0.2, 0) is 0 Å². The number of benzene rings is 1. The summed E-state index contributed by atoms with van der Waals surface area (Å²) in [5.74, 6) is -1.15. The van der Waals surface area contributed by atoms with Crippen LogP contribution >= 0.6 is 0 Å². The largest absolute Gasteiger partial charge is 0.573 e. The number of halogens is 3. The number of hydrogen-bond acceptors (Lipinski definition) is 3. The molecule has 22 heavy (non-hydrogen) atoms. The lowest BCUT2D eigenvalue weighted by Crippen LogP contribution is -2.42. The standard InChI is InChI=1S/C15H18F3NO3/c1-19(10-14(21)8-4-5-9-14)13(20)11-6-2-3-7-12(11)22-15(16,17)18/h2-3,6-7,21H,4-5,8-10H2,1H3. The Kier molecular flexibility index (Phi) is 4.65. The van der Waals surface area contributed by atoms with Crippen LogP contribution in [0, 0.1) is 0 Å². The van der Waals surface area contributed by atoms with Crippen molar-refractivity contribution in [3.63, 3.8) is 0 Å². The van der Waals surface area contributed by atoms with Crippen molar-refractivity contribution >= 4 is 5.91 Å². The number of aliphatic hydroxyl groups is 1. The maximum atomic E-state index is 12.4. The number of carbonyl (C=O) groups is 1. The van der Waals surface area contributed by atoms with Crippen molar-refractivity contribution in [3.05, 3.63) is 29.8 Å². The second-order valence-corrected chi connectivity index (χ2v) is 5.64. The molecule has 2 rings (SSSR count). The third kappa shape index (κ3) is 4.13. The van der Waals surface area contributed by atoms with E-state index in [-0.39, 0.29) is 12.1 Å². The van der Waals surface area contributed by atoms with Crippen LogP contribution in [0.1, 0.15) is 36.0 Å². The van der Waals surface area contributed by atoms with Crippen molar-refractivity contribution < 1.29 is 27.8 Å². The maximum absolute atomic E-state index is 12.4. The molecule has 1 aliphatic rings. The molecule has 1 amide bonds. The third-order valence-electron chi connectivity index (χ3n) is 3.76. The quantitative estimate of drug-likeness (QED) is 0.929. The molecule has 0 radical (unpaired) electrons.